The van der Waals surface area contributed by atoms with Crippen molar-refractivity contribution >= 4 is 29.1 Å². The Labute approximate surface area is 145 Å². The largest absolute Gasteiger partial charge is 0.338 e. The van der Waals surface area contributed by atoms with E-state index in [1.807, 2.05) is 4.90 Å². The Balaban J connectivity index is 1.81. The lowest BCUT2D eigenvalue weighted by molar-refractivity contribution is 0.0777. The molecule has 0 radical (unpaired) electrons. The summed E-state index contributed by atoms with van der Waals surface area (Å²) in [4.78, 5) is 14.4. The third kappa shape index (κ3) is 3.22. The minimum absolute atomic E-state index is 0.00510. The Hall–Kier alpha value is -1.56. The number of amides is 1. The Morgan fingerprint density at radius 1 is 1.43 bits per heavy atom. The van der Waals surface area contributed by atoms with E-state index < -0.39 is 0 Å². The van der Waals surface area contributed by atoms with Crippen molar-refractivity contribution in [3.05, 3.63) is 46.2 Å². The van der Waals surface area contributed by atoms with Crippen LogP contribution in [0.3, 0.4) is 0 Å². The Morgan fingerprint density at radius 3 is 2.87 bits per heavy atom. The molecule has 2 heterocycles. The number of hydrogen-bond donors (Lipinski definition) is 1. The zero-order valence-corrected chi connectivity index (χ0v) is 14.3. The Kier molecular flexibility index (Phi) is 4.36. The highest BCUT2D eigenvalue weighted by molar-refractivity contribution is 6.35. The quantitative estimate of drug-likeness (QED) is 0.923. The molecule has 1 atom stereocenters. The third-order valence-electron chi connectivity index (χ3n) is 4.32. The maximum Gasteiger partial charge on any atom is 0.257 e. The number of carbonyl (C=O) groups is 1. The molecular formula is C16H18Cl2N4O. The predicted molar refractivity (Wildman–Crippen MR) is 91.3 cm³/mol. The number of rotatable bonds is 3. The van der Waals surface area contributed by atoms with Crippen molar-refractivity contribution in [2.75, 3.05) is 19.6 Å². The van der Waals surface area contributed by atoms with Crippen LogP contribution in [0.1, 0.15) is 23.7 Å². The summed E-state index contributed by atoms with van der Waals surface area (Å²) in [6.45, 7) is 4.09. The second-order valence-electron chi connectivity index (χ2n) is 6.26. The highest BCUT2D eigenvalue weighted by atomic mass is 35.5. The maximum atomic E-state index is 12.6. The van der Waals surface area contributed by atoms with E-state index >= 15 is 0 Å². The van der Waals surface area contributed by atoms with Crippen molar-refractivity contribution in [3.8, 4) is 5.69 Å². The summed E-state index contributed by atoms with van der Waals surface area (Å²) in [6, 6.07) is 5.15. The van der Waals surface area contributed by atoms with Gasteiger partial charge in [-0.25, -0.2) is 4.68 Å². The van der Waals surface area contributed by atoms with Crippen LogP contribution in [-0.4, -0.2) is 40.2 Å². The number of halogens is 2. The number of hydrogen-bond acceptors (Lipinski definition) is 3. The molecule has 23 heavy (non-hydrogen) atoms. The molecule has 0 bridgehead atoms. The van der Waals surface area contributed by atoms with Crippen LogP contribution in [0.5, 0.6) is 0 Å². The Bertz CT molecular complexity index is 745. The minimum atomic E-state index is -0.0292. The lowest BCUT2D eigenvalue weighted by Gasteiger charge is -2.22. The lowest BCUT2D eigenvalue weighted by atomic mass is 9.90. The lowest BCUT2D eigenvalue weighted by Crippen LogP contribution is -2.34. The summed E-state index contributed by atoms with van der Waals surface area (Å²) < 4.78 is 1.59. The molecule has 5 nitrogen and oxygen atoms in total. The van der Waals surface area contributed by atoms with E-state index in [0.29, 0.717) is 34.4 Å². The van der Waals surface area contributed by atoms with Gasteiger partial charge in [0.25, 0.3) is 5.91 Å². The highest BCUT2D eigenvalue weighted by Gasteiger charge is 2.35. The summed E-state index contributed by atoms with van der Waals surface area (Å²) in [5.41, 5.74) is 7.03. The van der Waals surface area contributed by atoms with Crippen LogP contribution < -0.4 is 5.73 Å². The summed E-state index contributed by atoms with van der Waals surface area (Å²) in [5.74, 6) is -0.0292. The second-order valence-corrected chi connectivity index (χ2v) is 7.10. The van der Waals surface area contributed by atoms with E-state index in [-0.39, 0.29) is 11.3 Å². The van der Waals surface area contributed by atoms with Crippen LogP contribution in [0.4, 0.5) is 0 Å². The van der Waals surface area contributed by atoms with Gasteiger partial charge >= 0.3 is 0 Å². The number of nitrogens with two attached hydrogens (primary N) is 1. The van der Waals surface area contributed by atoms with E-state index in [4.69, 9.17) is 28.9 Å². The molecular weight excluding hydrogens is 335 g/mol. The first-order valence-corrected chi connectivity index (χ1v) is 8.17. The zero-order valence-electron chi connectivity index (χ0n) is 12.8. The molecule has 1 amide bonds. The normalized spacial score (nSPS) is 21.0. The Morgan fingerprint density at radius 2 is 2.22 bits per heavy atom. The van der Waals surface area contributed by atoms with Gasteiger partial charge in [-0.3, -0.25) is 4.79 Å². The first kappa shape index (κ1) is 16.3. The molecule has 1 aliphatic heterocycles. The van der Waals surface area contributed by atoms with Crippen LogP contribution in [0.2, 0.25) is 10.0 Å². The standard InChI is InChI=1S/C16H18Cl2N4O/c1-16(9-19)4-5-21(10-16)15(23)11-7-20-22(8-11)14-3-2-12(17)6-13(14)18/h2-3,6-8H,4-5,9-10,19H2,1H3. The van der Waals surface area contributed by atoms with Gasteiger partial charge in [0.15, 0.2) is 0 Å². The molecule has 1 unspecified atom stereocenters. The van der Waals surface area contributed by atoms with E-state index in [0.717, 1.165) is 13.0 Å². The second kappa shape index (κ2) is 6.15. The number of nitrogens with zero attached hydrogens (tertiary/aromatic N) is 3. The fourth-order valence-electron chi connectivity index (χ4n) is 2.78. The molecule has 0 saturated carbocycles. The third-order valence-corrected chi connectivity index (χ3v) is 4.86. The average Bonchev–Trinajstić information content (AvgIpc) is 3.14. The SMILES string of the molecule is CC1(CN)CCN(C(=O)c2cnn(-c3ccc(Cl)cc3Cl)c2)C1. The highest BCUT2D eigenvalue weighted by Crippen LogP contribution is 2.30. The first-order valence-electron chi connectivity index (χ1n) is 7.41. The van der Waals surface area contributed by atoms with Crippen molar-refractivity contribution in [2.45, 2.75) is 13.3 Å². The maximum absolute atomic E-state index is 12.6. The van der Waals surface area contributed by atoms with Crippen LogP contribution in [0, 0.1) is 5.41 Å². The van der Waals surface area contributed by atoms with E-state index in [2.05, 4.69) is 12.0 Å². The van der Waals surface area contributed by atoms with Crippen molar-refractivity contribution in [2.24, 2.45) is 11.1 Å². The van der Waals surface area contributed by atoms with Gasteiger partial charge in [0, 0.05) is 24.3 Å². The van der Waals surface area contributed by atoms with Crippen LogP contribution in [0.25, 0.3) is 5.69 Å². The molecule has 0 spiro atoms. The van der Waals surface area contributed by atoms with E-state index in [9.17, 15) is 4.79 Å². The molecule has 0 aliphatic carbocycles. The van der Waals surface area contributed by atoms with Crippen molar-refractivity contribution in [1.82, 2.24) is 14.7 Å². The van der Waals surface area contributed by atoms with Gasteiger partial charge in [-0.05, 0) is 36.6 Å². The van der Waals surface area contributed by atoms with Crippen LogP contribution in [0.15, 0.2) is 30.6 Å². The topological polar surface area (TPSA) is 64.2 Å². The average molecular weight is 353 g/mol. The van der Waals surface area contributed by atoms with Crippen LogP contribution in [-0.2, 0) is 0 Å². The van der Waals surface area contributed by atoms with Crippen molar-refractivity contribution < 1.29 is 4.79 Å². The molecule has 122 valence electrons. The summed E-state index contributed by atoms with van der Waals surface area (Å²) in [7, 11) is 0. The summed E-state index contributed by atoms with van der Waals surface area (Å²) in [5, 5.41) is 5.28. The number of aromatic nitrogens is 2. The van der Waals surface area contributed by atoms with Gasteiger partial charge in [0.2, 0.25) is 0 Å². The number of benzene rings is 1. The summed E-state index contributed by atoms with van der Waals surface area (Å²) >= 11 is 12.1. The molecule has 1 aromatic carbocycles. The van der Waals surface area contributed by atoms with Gasteiger partial charge in [0.1, 0.15) is 0 Å². The molecule has 1 aliphatic rings. The van der Waals surface area contributed by atoms with Gasteiger partial charge in [0.05, 0.1) is 22.5 Å². The number of likely N-dealkylation sites (tertiary alicyclic amines) is 1. The van der Waals surface area contributed by atoms with Gasteiger partial charge < -0.3 is 10.6 Å². The number of carbonyl (C=O) groups excluding carboxylic acids is 1. The first-order chi connectivity index (χ1) is 10.9. The zero-order chi connectivity index (χ0) is 16.6. The van der Waals surface area contributed by atoms with Crippen molar-refractivity contribution in [3.63, 3.8) is 0 Å². The van der Waals surface area contributed by atoms with E-state index in [1.54, 1.807) is 35.3 Å². The minimum Gasteiger partial charge on any atom is -0.338 e. The predicted octanol–water partition coefficient (Wildman–Crippen LogP) is 2.99. The molecule has 7 heteroatoms. The van der Waals surface area contributed by atoms with Gasteiger partial charge in [-0.2, -0.15) is 5.10 Å². The molecule has 1 aromatic heterocycles. The van der Waals surface area contributed by atoms with Gasteiger partial charge in [-0.1, -0.05) is 30.1 Å². The molecule has 1 fully saturated rings. The smallest absolute Gasteiger partial charge is 0.257 e. The van der Waals surface area contributed by atoms with Crippen molar-refractivity contribution in [1.29, 1.82) is 0 Å². The van der Waals surface area contributed by atoms with Crippen LogP contribution >= 0.6 is 23.2 Å². The fraction of sp³-hybridized carbons (Fsp3) is 0.375. The van der Waals surface area contributed by atoms with Gasteiger partial charge in [-0.15, -0.1) is 0 Å². The molecule has 3 rings (SSSR count). The fourth-order valence-corrected chi connectivity index (χ4v) is 3.27. The van der Waals surface area contributed by atoms with E-state index in [1.165, 1.54) is 0 Å². The summed E-state index contributed by atoms with van der Waals surface area (Å²) in [6.07, 6.45) is 4.17. The molecule has 1 saturated heterocycles. The monoisotopic (exact) mass is 352 g/mol. The molecule has 2 N–H and O–H groups in total. The molecule has 2 aromatic rings.